The van der Waals surface area contributed by atoms with Crippen LogP contribution in [0.25, 0.3) is 119 Å². The summed E-state index contributed by atoms with van der Waals surface area (Å²) in [5.41, 5.74) is 13.3. The van der Waals surface area contributed by atoms with Crippen LogP contribution in [-0.4, -0.2) is 22.2 Å². The molecule has 16 rings (SSSR count). The third-order valence-corrected chi connectivity index (χ3v) is 22.3. The van der Waals surface area contributed by atoms with E-state index in [2.05, 4.69) is 270 Å². The molecule has 0 aliphatic rings. The van der Waals surface area contributed by atoms with Gasteiger partial charge in [-0.25, -0.2) is 4.98 Å². The summed E-state index contributed by atoms with van der Waals surface area (Å²) in [5.74, 6) is 0. The zero-order valence-electron chi connectivity index (χ0n) is 41.6. The van der Waals surface area contributed by atoms with Crippen molar-refractivity contribution in [2.75, 3.05) is 0 Å². The summed E-state index contributed by atoms with van der Waals surface area (Å²) in [6.45, 7) is 0. The number of thiophene rings is 1. The number of rotatable bonds is 8. The molecule has 0 saturated heterocycles. The number of hydrogen-bond donors (Lipinski definition) is 0. The lowest BCUT2D eigenvalue weighted by atomic mass is 10.0. The third-order valence-electron chi connectivity index (χ3n) is 16.1. The van der Waals surface area contributed by atoms with Crippen LogP contribution in [0.3, 0.4) is 0 Å². The normalized spacial score (nSPS) is 12.2. The fraction of sp³-hybridized carbons (Fsp3) is 0. The van der Waals surface area contributed by atoms with Crippen molar-refractivity contribution < 1.29 is 4.42 Å². The van der Waals surface area contributed by atoms with Crippen LogP contribution < -0.4 is 20.7 Å². The van der Waals surface area contributed by atoms with Crippen LogP contribution >= 0.6 is 11.3 Å². The maximum Gasteiger partial charge on any atom is 0.185 e. The molecule has 0 aliphatic carbocycles. The number of furan rings is 1. The van der Waals surface area contributed by atoms with Gasteiger partial charge in [-0.1, -0.05) is 176 Å². The molecule has 0 N–H and O–H groups in total. The maximum absolute atomic E-state index is 7.27. The van der Waals surface area contributed by atoms with Gasteiger partial charge in [-0.15, -0.1) is 11.3 Å². The smallest absolute Gasteiger partial charge is 0.185 e. The molecule has 77 heavy (non-hydrogen) atoms. The fourth-order valence-electron chi connectivity index (χ4n) is 12.7. The van der Waals surface area contributed by atoms with Gasteiger partial charge in [-0.2, -0.15) is 0 Å². The summed E-state index contributed by atoms with van der Waals surface area (Å²) >= 11 is 1.91. The highest BCUT2D eigenvalue weighted by molar-refractivity contribution is 7.31. The molecule has 0 bridgehead atoms. The van der Waals surface area contributed by atoms with Crippen LogP contribution in [0, 0.1) is 0 Å². The second-order valence-corrected chi connectivity index (χ2v) is 25.0. The molecule has 0 amide bonds. The molecular formula is C71H45N3OSSi. The first-order valence-electron chi connectivity index (χ1n) is 26.3. The van der Waals surface area contributed by atoms with Crippen LogP contribution in [0.2, 0.25) is 0 Å². The van der Waals surface area contributed by atoms with Crippen molar-refractivity contribution in [1.82, 2.24) is 14.1 Å². The largest absolute Gasteiger partial charge is 0.456 e. The van der Waals surface area contributed by atoms with E-state index in [0.29, 0.717) is 0 Å². The van der Waals surface area contributed by atoms with Crippen molar-refractivity contribution in [3.63, 3.8) is 0 Å². The number of para-hydroxylation sites is 4. The van der Waals surface area contributed by atoms with E-state index in [4.69, 9.17) is 9.40 Å². The molecule has 0 fully saturated rings. The minimum atomic E-state index is -3.17. The Hall–Kier alpha value is -9.59. The van der Waals surface area contributed by atoms with Gasteiger partial charge in [0.1, 0.15) is 16.8 Å². The maximum atomic E-state index is 7.27. The van der Waals surface area contributed by atoms with Crippen LogP contribution in [0.1, 0.15) is 0 Å². The standard InChI is InChI=1S/C71H45N3OSSi/c1-5-18-50(19-6-1)73-62-30-14-13-26-54(62)58-42-46(33-37-63(58)73)48-35-39-65-60(44-48)55-27-15-31-67(69(55)75-65)77(52-22-9-3-10-23-52,53-24-11-4-12-25-53)68-32-16-28-56-61-45-49(36-40-66(61)76-70(56)68)47-34-38-64-59(43-47)57-29-17-41-72-71(57)74(64)51-20-7-2-8-21-51/h1-45H. The quantitative estimate of drug-likeness (QED) is 0.112. The topological polar surface area (TPSA) is 35.9 Å². The van der Waals surface area contributed by atoms with E-state index in [0.717, 1.165) is 55.4 Å². The predicted molar refractivity (Wildman–Crippen MR) is 328 cm³/mol. The molecule has 0 saturated carbocycles. The average Bonchev–Trinajstić information content (AvgIpc) is 4.48. The van der Waals surface area contributed by atoms with Crippen molar-refractivity contribution in [2.45, 2.75) is 0 Å². The highest BCUT2D eigenvalue weighted by Gasteiger charge is 2.45. The van der Waals surface area contributed by atoms with Gasteiger partial charge in [0.15, 0.2) is 8.07 Å². The summed E-state index contributed by atoms with van der Waals surface area (Å²) in [4.78, 5) is 4.89. The van der Waals surface area contributed by atoms with Gasteiger partial charge in [0, 0.05) is 70.1 Å². The molecule has 11 aromatic carbocycles. The van der Waals surface area contributed by atoms with Crippen LogP contribution in [0.15, 0.2) is 278 Å². The van der Waals surface area contributed by atoms with Crippen molar-refractivity contribution in [2.24, 2.45) is 0 Å². The third kappa shape index (κ3) is 6.59. The van der Waals surface area contributed by atoms with E-state index in [-0.39, 0.29) is 0 Å². The summed E-state index contributed by atoms with van der Waals surface area (Å²) in [6, 6.07) is 98.3. The van der Waals surface area contributed by atoms with Gasteiger partial charge < -0.3 is 8.98 Å². The number of benzene rings is 11. The van der Waals surface area contributed by atoms with E-state index in [1.165, 1.54) is 84.8 Å². The molecule has 0 atom stereocenters. The number of nitrogens with zero attached hydrogens (tertiary/aromatic N) is 3. The Morgan fingerprint density at radius 1 is 0.351 bits per heavy atom. The van der Waals surface area contributed by atoms with Crippen LogP contribution in [0.5, 0.6) is 0 Å². The molecule has 0 radical (unpaired) electrons. The Bertz CT molecular complexity index is 4660. The first-order valence-corrected chi connectivity index (χ1v) is 29.1. The minimum Gasteiger partial charge on any atom is -0.456 e. The molecule has 5 heterocycles. The SMILES string of the molecule is c1ccc(-n2c3ccccc3c3cc(-c4ccc5oc6c([Si](c7ccccc7)(c7ccccc7)c7cccc8c7sc7ccc(-c9ccc%10c(c9)c9cccnc9n%10-c9ccccc9)cc78)cccc6c5c4)ccc32)cc1. The first kappa shape index (κ1) is 43.8. The second-order valence-electron chi connectivity index (χ2n) is 20.2. The van der Waals surface area contributed by atoms with Gasteiger partial charge in [-0.3, -0.25) is 4.57 Å². The van der Waals surface area contributed by atoms with Gasteiger partial charge in [-0.05, 0) is 134 Å². The molecule has 6 heteroatoms. The zero-order valence-corrected chi connectivity index (χ0v) is 43.5. The van der Waals surface area contributed by atoms with Crippen LogP contribution in [-0.2, 0) is 0 Å². The Labute approximate surface area is 448 Å². The Morgan fingerprint density at radius 3 is 1.56 bits per heavy atom. The summed E-state index contributed by atoms with van der Waals surface area (Å²) in [5, 5.41) is 14.8. The van der Waals surface area contributed by atoms with Gasteiger partial charge in [0.05, 0.1) is 16.6 Å². The number of aromatic nitrogens is 3. The van der Waals surface area contributed by atoms with E-state index >= 15 is 0 Å². The Morgan fingerprint density at radius 2 is 0.857 bits per heavy atom. The summed E-state index contributed by atoms with van der Waals surface area (Å²) < 4.78 is 14.5. The fourth-order valence-corrected chi connectivity index (χ4v) is 19.4. The van der Waals surface area contributed by atoms with Crippen molar-refractivity contribution >= 4 is 126 Å². The monoisotopic (exact) mass is 1020 g/mol. The average molecular weight is 1020 g/mol. The summed E-state index contributed by atoms with van der Waals surface area (Å²) in [7, 11) is -3.17. The molecule has 0 aliphatic heterocycles. The highest BCUT2D eigenvalue weighted by Crippen LogP contribution is 2.41. The predicted octanol–water partition coefficient (Wildman–Crippen LogP) is 16.3. The molecular weight excluding hydrogens is 971 g/mol. The number of fused-ring (bicyclic) bond motifs is 12. The van der Waals surface area contributed by atoms with E-state index < -0.39 is 8.07 Å². The lowest BCUT2D eigenvalue weighted by molar-refractivity contribution is 0.671. The van der Waals surface area contributed by atoms with Crippen molar-refractivity contribution in [3.05, 3.63) is 273 Å². The lowest BCUT2D eigenvalue weighted by Gasteiger charge is -2.34. The zero-order chi connectivity index (χ0) is 50.6. The van der Waals surface area contributed by atoms with Crippen LogP contribution in [0.4, 0.5) is 0 Å². The molecule has 16 aromatic rings. The molecule has 360 valence electrons. The van der Waals surface area contributed by atoms with Gasteiger partial charge >= 0.3 is 0 Å². The Balaban J connectivity index is 0.878. The Kier molecular flexibility index (Phi) is 9.79. The lowest BCUT2D eigenvalue weighted by Crippen LogP contribution is -2.74. The van der Waals surface area contributed by atoms with Gasteiger partial charge in [0.2, 0.25) is 0 Å². The first-order chi connectivity index (χ1) is 38.2. The molecule has 0 spiro atoms. The highest BCUT2D eigenvalue weighted by atomic mass is 32.1. The van der Waals surface area contributed by atoms with E-state index in [9.17, 15) is 0 Å². The number of hydrogen-bond acceptors (Lipinski definition) is 3. The second kappa shape index (κ2) is 17.2. The van der Waals surface area contributed by atoms with Crippen molar-refractivity contribution in [1.29, 1.82) is 0 Å². The summed E-state index contributed by atoms with van der Waals surface area (Å²) in [6.07, 6.45) is 1.89. The molecule has 0 unspecified atom stereocenters. The number of pyridine rings is 1. The minimum absolute atomic E-state index is 0.883. The van der Waals surface area contributed by atoms with E-state index in [1.807, 2.05) is 23.6 Å². The molecule has 5 aromatic heterocycles. The van der Waals surface area contributed by atoms with Gasteiger partial charge in [0.25, 0.3) is 0 Å². The van der Waals surface area contributed by atoms with Crippen molar-refractivity contribution in [3.8, 4) is 33.6 Å². The van der Waals surface area contributed by atoms with E-state index in [1.54, 1.807) is 0 Å². The molecule has 4 nitrogen and oxygen atoms in total.